The van der Waals surface area contributed by atoms with Gasteiger partial charge in [0, 0.05) is 23.7 Å². The van der Waals surface area contributed by atoms with Gasteiger partial charge >= 0.3 is 0 Å². The smallest absolute Gasteiger partial charge is 0.207 e. The SMILES string of the molecule is CC(C)CC(C)C(C)(F)F.CCC(C)C(C)C(C)(F)F.CCC(C)C(F)(F)C(C)C. The van der Waals surface area contributed by atoms with Crippen LogP contribution in [0.25, 0.3) is 0 Å². The summed E-state index contributed by atoms with van der Waals surface area (Å²) in [5, 5.41) is 0. The molecule has 0 bridgehead atoms. The van der Waals surface area contributed by atoms with Gasteiger partial charge in [-0.25, -0.2) is 26.3 Å². The second-order valence-corrected chi connectivity index (χ2v) is 9.76. The standard InChI is InChI=1S/3C8H16F2/c1-6(2)5-7(3)8(4,9)10;1-5-6(2)7(3)8(4,9)10;1-5-7(4)8(9,10)6(2)3/h3*6-7H,5H2,1-4H3. The molecule has 4 atom stereocenters. The highest BCUT2D eigenvalue weighted by Crippen LogP contribution is 2.34. The molecule has 30 heavy (non-hydrogen) atoms. The van der Waals surface area contributed by atoms with Gasteiger partial charge in [-0.3, -0.25) is 0 Å². The quantitative estimate of drug-likeness (QED) is 0.307. The Hall–Kier alpha value is -0.420. The highest BCUT2D eigenvalue weighted by molar-refractivity contribution is 4.75. The first-order valence-electron chi connectivity index (χ1n) is 11.3. The summed E-state index contributed by atoms with van der Waals surface area (Å²) >= 11 is 0. The van der Waals surface area contributed by atoms with E-state index < -0.39 is 41.4 Å². The number of alkyl halides is 6. The van der Waals surface area contributed by atoms with Crippen LogP contribution in [-0.4, -0.2) is 17.8 Å². The van der Waals surface area contributed by atoms with Crippen LogP contribution in [-0.2, 0) is 0 Å². The Balaban J connectivity index is -0.000000364. The molecule has 0 aliphatic rings. The molecule has 0 rings (SSSR count). The molecule has 0 aliphatic carbocycles. The summed E-state index contributed by atoms with van der Waals surface area (Å²) in [6.07, 6.45) is 1.97. The Kier molecular flexibility index (Phi) is 16.7. The number of hydrogen-bond acceptors (Lipinski definition) is 0. The van der Waals surface area contributed by atoms with E-state index in [1.54, 1.807) is 41.5 Å². The Morgan fingerprint density at radius 3 is 1.10 bits per heavy atom. The van der Waals surface area contributed by atoms with Crippen LogP contribution in [0, 0.1) is 35.5 Å². The molecule has 0 aliphatic heterocycles. The van der Waals surface area contributed by atoms with E-state index in [-0.39, 0.29) is 5.92 Å². The molecule has 0 saturated heterocycles. The summed E-state index contributed by atoms with van der Waals surface area (Å²) in [6, 6.07) is 0. The first-order valence-corrected chi connectivity index (χ1v) is 11.3. The van der Waals surface area contributed by atoms with Gasteiger partial charge in [-0.05, 0) is 38.5 Å². The van der Waals surface area contributed by atoms with Crippen molar-refractivity contribution in [2.45, 2.75) is 120 Å². The van der Waals surface area contributed by atoms with E-state index in [1.165, 1.54) is 0 Å². The summed E-state index contributed by atoms with van der Waals surface area (Å²) in [4.78, 5) is 0. The maximum absolute atomic E-state index is 12.9. The Bertz CT molecular complexity index is 407. The molecule has 0 amide bonds. The third kappa shape index (κ3) is 15.4. The maximum Gasteiger partial charge on any atom is 0.252 e. The molecule has 0 radical (unpaired) electrons. The van der Waals surface area contributed by atoms with E-state index >= 15 is 0 Å². The van der Waals surface area contributed by atoms with Gasteiger partial charge in [0.1, 0.15) is 0 Å². The average Bonchev–Trinajstić information content (AvgIpc) is 2.58. The lowest BCUT2D eigenvalue weighted by Gasteiger charge is -2.25. The van der Waals surface area contributed by atoms with Gasteiger partial charge in [-0.2, -0.15) is 0 Å². The van der Waals surface area contributed by atoms with Crippen molar-refractivity contribution < 1.29 is 26.3 Å². The van der Waals surface area contributed by atoms with E-state index in [2.05, 4.69) is 0 Å². The fourth-order valence-corrected chi connectivity index (χ4v) is 2.61. The van der Waals surface area contributed by atoms with Crippen molar-refractivity contribution in [1.29, 1.82) is 0 Å². The second-order valence-electron chi connectivity index (χ2n) is 9.76. The van der Waals surface area contributed by atoms with Gasteiger partial charge in [0.25, 0.3) is 5.92 Å². The molecule has 0 heterocycles. The summed E-state index contributed by atoms with van der Waals surface area (Å²) in [5.41, 5.74) is 0. The summed E-state index contributed by atoms with van der Waals surface area (Å²) in [7, 11) is 0. The van der Waals surface area contributed by atoms with E-state index in [0.29, 0.717) is 18.8 Å². The zero-order valence-electron chi connectivity index (χ0n) is 21.4. The van der Waals surface area contributed by atoms with Crippen LogP contribution >= 0.6 is 0 Å². The van der Waals surface area contributed by atoms with Crippen molar-refractivity contribution in [1.82, 2.24) is 0 Å². The van der Waals surface area contributed by atoms with E-state index in [1.807, 2.05) is 27.7 Å². The normalized spacial score (nSPS) is 16.8. The van der Waals surface area contributed by atoms with E-state index in [9.17, 15) is 26.3 Å². The molecule has 0 nitrogen and oxygen atoms in total. The van der Waals surface area contributed by atoms with Gasteiger partial charge in [-0.15, -0.1) is 0 Å². The second kappa shape index (κ2) is 14.6. The summed E-state index contributed by atoms with van der Waals surface area (Å²) in [5.74, 6) is -9.07. The lowest BCUT2D eigenvalue weighted by Crippen LogP contribution is -2.31. The van der Waals surface area contributed by atoms with E-state index in [0.717, 1.165) is 20.3 Å². The molecule has 0 aromatic heterocycles. The lowest BCUT2D eigenvalue weighted by molar-refractivity contribution is -0.0926. The minimum Gasteiger partial charge on any atom is -0.207 e. The van der Waals surface area contributed by atoms with Crippen molar-refractivity contribution >= 4 is 0 Å². The Morgan fingerprint density at radius 2 is 1.00 bits per heavy atom. The van der Waals surface area contributed by atoms with Gasteiger partial charge in [0.05, 0.1) is 0 Å². The first-order chi connectivity index (χ1) is 13.2. The third-order valence-electron chi connectivity index (χ3n) is 6.03. The van der Waals surface area contributed by atoms with Crippen LogP contribution in [0.4, 0.5) is 26.3 Å². The van der Waals surface area contributed by atoms with Crippen LogP contribution in [0.1, 0.15) is 102 Å². The summed E-state index contributed by atoms with van der Waals surface area (Å²) < 4.78 is 75.9. The van der Waals surface area contributed by atoms with Crippen molar-refractivity contribution in [3.8, 4) is 0 Å². The number of halogens is 6. The zero-order valence-corrected chi connectivity index (χ0v) is 21.4. The highest BCUT2D eigenvalue weighted by Gasteiger charge is 2.38. The highest BCUT2D eigenvalue weighted by atomic mass is 19.3. The fraction of sp³-hybridized carbons (Fsp3) is 1.00. The van der Waals surface area contributed by atoms with Gasteiger partial charge in [0.15, 0.2) is 0 Å². The molecule has 186 valence electrons. The number of hydrogen-bond donors (Lipinski definition) is 0. The topological polar surface area (TPSA) is 0 Å². The maximum atomic E-state index is 12.9. The van der Waals surface area contributed by atoms with Crippen molar-refractivity contribution in [3.05, 3.63) is 0 Å². The predicted molar refractivity (Wildman–Crippen MR) is 118 cm³/mol. The van der Waals surface area contributed by atoms with Crippen LogP contribution < -0.4 is 0 Å². The molecule has 0 aromatic carbocycles. The summed E-state index contributed by atoms with van der Waals surface area (Å²) in [6.45, 7) is 19.4. The van der Waals surface area contributed by atoms with Gasteiger partial charge < -0.3 is 0 Å². The van der Waals surface area contributed by atoms with Gasteiger partial charge in [0.2, 0.25) is 11.8 Å². The average molecular weight is 451 g/mol. The molecule has 0 N–H and O–H groups in total. The number of rotatable bonds is 9. The lowest BCUT2D eigenvalue weighted by atomic mass is 9.89. The van der Waals surface area contributed by atoms with Crippen LogP contribution in [0.15, 0.2) is 0 Å². The molecule has 4 unspecified atom stereocenters. The van der Waals surface area contributed by atoms with E-state index in [4.69, 9.17) is 0 Å². The van der Waals surface area contributed by atoms with Crippen LogP contribution in [0.5, 0.6) is 0 Å². The molecule has 0 fully saturated rings. The zero-order chi connectivity index (χ0) is 25.1. The predicted octanol–water partition coefficient (Wildman–Crippen LogP) is 9.97. The molecule has 6 heteroatoms. The Labute approximate surface area is 182 Å². The fourth-order valence-electron chi connectivity index (χ4n) is 2.61. The molecular weight excluding hydrogens is 402 g/mol. The van der Waals surface area contributed by atoms with Crippen molar-refractivity contribution in [3.63, 3.8) is 0 Å². The Morgan fingerprint density at radius 1 is 0.600 bits per heavy atom. The monoisotopic (exact) mass is 450 g/mol. The largest absolute Gasteiger partial charge is 0.252 e. The third-order valence-corrected chi connectivity index (χ3v) is 6.03. The molecule has 0 spiro atoms. The van der Waals surface area contributed by atoms with Crippen LogP contribution in [0.2, 0.25) is 0 Å². The van der Waals surface area contributed by atoms with Crippen molar-refractivity contribution in [2.24, 2.45) is 35.5 Å². The minimum atomic E-state index is -2.52. The van der Waals surface area contributed by atoms with Crippen LogP contribution in [0.3, 0.4) is 0 Å². The van der Waals surface area contributed by atoms with Crippen molar-refractivity contribution in [2.75, 3.05) is 0 Å². The molecule has 0 saturated carbocycles. The van der Waals surface area contributed by atoms with Gasteiger partial charge in [-0.1, -0.05) is 75.7 Å². The molecule has 0 aromatic rings. The first kappa shape index (κ1) is 34.2. The minimum absolute atomic E-state index is 0.111. The molecular formula is C24H48F6.